The van der Waals surface area contributed by atoms with Crippen molar-refractivity contribution in [1.82, 2.24) is 5.32 Å². The molecule has 2 heterocycles. The molecule has 2 nitrogen and oxygen atoms in total. The summed E-state index contributed by atoms with van der Waals surface area (Å²) in [7, 11) is 0. The van der Waals surface area contributed by atoms with Crippen LogP contribution in [0.25, 0.3) is 10.1 Å². The Morgan fingerprint density at radius 3 is 2.61 bits per heavy atom. The fraction of sp³-hybridized carbons (Fsp3) is 0.333. The summed E-state index contributed by atoms with van der Waals surface area (Å²) in [5.41, 5.74) is 1.38. The third-order valence-electron chi connectivity index (χ3n) is 2.97. The Balaban J connectivity index is 0.000000810. The van der Waals surface area contributed by atoms with E-state index in [0.717, 1.165) is 26.2 Å². The molecule has 1 saturated heterocycles. The lowest BCUT2D eigenvalue weighted by Crippen LogP contribution is -2.43. The van der Waals surface area contributed by atoms with Crippen molar-refractivity contribution in [3.63, 3.8) is 0 Å². The summed E-state index contributed by atoms with van der Waals surface area (Å²) < 4.78 is 2.58. The van der Waals surface area contributed by atoms with Gasteiger partial charge in [0, 0.05) is 42.0 Å². The van der Waals surface area contributed by atoms with Crippen molar-refractivity contribution < 1.29 is 0 Å². The van der Waals surface area contributed by atoms with Crippen LogP contribution in [0.4, 0.5) is 5.69 Å². The lowest BCUT2D eigenvalue weighted by Gasteiger charge is -2.30. The van der Waals surface area contributed by atoms with Crippen molar-refractivity contribution in [3.05, 3.63) is 28.1 Å². The summed E-state index contributed by atoms with van der Waals surface area (Å²) >= 11 is 5.38. The number of nitrogens with one attached hydrogen (secondary N) is 1. The highest BCUT2D eigenvalue weighted by atomic mass is 79.9. The number of hydrogen-bond donors (Lipinski definition) is 1. The molecule has 1 aliphatic heterocycles. The van der Waals surface area contributed by atoms with Crippen LogP contribution in [0.5, 0.6) is 0 Å². The largest absolute Gasteiger partial charge is 0.368 e. The van der Waals surface area contributed by atoms with E-state index < -0.39 is 0 Å². The summed E-state index contributed by atoms with van der Waals surface area (Å²) in [6, 6.07) is 8.81. The van der Waals surface area contributed by atoms with Gasteiger partial charge >= 0.3 is 0 Å². The van der Waals surface area contributed by atoms with E-state index in [1.165, 1.54) is 19.6 Å². The standard InChI is InChI=1S/C12H13BrN2S.2ClH/c13-12-8-9-10(2-1-3-11(9)16-12)15-6-4-14-5-7-15;;/h1-3,8,14H,4-7H2;2*1H. The second-order valence-corrected chi connectivity index (χ2v) is 6.44. The Morgan fingerprint density at radius 2 is 1.89 bits per heavy atom. The number of fused-ring (bicyclic) bond motifs is 1. The van der Waals surface area contributed by atoms with E-state index in [2.05, 4.69) is 50.4 Å². The van der Waals surface area contributed by atoms with E-state index in [-0.39, 0.29) is 24.8 Å². The maximum Gasteiger partial charge on any atom is 0.0711 e. The second kappa shape index (κ2) is 6.96. The van der Waals surface area contributed by atoms with E-state index in [1.54, 1.807) is 11.3 Å². The molecule has 0 saturated carbocycles. The van der Waals surface area contributed by atoms with Crippen molar-refractivity contribution in [1.29, 1.82) is 0 Å². The number of halogens is 3. The third kappa shape index (κ3) is 3.11. The van der Waals surface area contributed by atoms with Crippen LogP contribution in [0.15, 0.2) is 28.1 Å². The summed E-state index contributed by atoms with van der Waals surface area (Å²) in [5.74, 6) is 0. The van der Waals surface area contributed by atoms with Gasteiger partial charge in [0.1, 0.15) is 0 Å². The van der Waals surface area contributed by atoms with Gasteiger partial charge in [-0.15, -0.1) is 36.2 Å². The molecule has 0 spiro atoms. The van der Waals surface area contributed by atoms with Gasteiger partial charge in [0.2, 0.25) is 0 Å². The first-order valence-electron chi connectivity index (χ1n) is 5.48. The molecular weight excluding hydrogens is 355 g/mol. The van der Waals surface area contributed by atoms with E-state index in [1.807, 2.05) is 0 Å². The van der Waals surface area contributed by atoms with Crippen molar-refractivity contribution in [3.8, 4) is 0 Å². The Bertz CT molecular complexity index is 512. The summed E-state index contributed by atoms with van der Waals surface area (Å²) in [6.07, 6.45) is 0. The molecule has 0 aliphatic carbocycles. The van der Waals surface area contributed by atoms with Crippen LogP contribution in [0.1, 0.15) is 0 Å². The minimum atomic E-state index is 0. The predicted molar refractivity (Wildman–Crippen MR) is 89.1 cm³/mol. The molecular formula is C12H15BrCl2N2S. The van der Waals surface area contributed by atoms with Crippen LogP contribution in [0.3, 0.4) is 0 Å². The molecule has 6 heteroatoms. The lowest BCUT2D eigenvalue weighted by molar-refractivity contribution is 0.590. The SMILES string of the molecule is Brc1cc2c(N3CCNCC3)cccc2s1.Cl.Cl. The van der Waals surface area contributed by atoms with Crippen LogP contribution >= 0.6 is 52.1 Å². The number of nitrogens with zero attached hydrogens (tertiary/aromatic N) is 1. The van der Waals surface area contributed by atoms with Crippen LogP contribution in [0, 0.1) is 0 Å². The first kappa shape index (κ1) is 16.1. The van der Waals surface area contributed by atoms with Crippen molar-refractivity contribution >= 4 is 67.9 Å². The molecule has 1 fully saturated rings. The van der Waals surface area contributed by atoms with Crippen LogP contribution in [-0.2, 0) is 0 Å². The molecule has 100 valence electrons. The fourth-order valence-electron chi connectivity index (χ4n) is 2.20. The molecule has 0 atom stereocenters. The van der Waals surface area contributed by atoms with Gasteiger partial charge in [-0.25, -0.2) is 0 Å². The van der Waals surface area contributed by atoms with Gasteiger partial charge in [-0.1, -0.05) is 6.07 Å². The third-order valence-corrected chi connectivity index (χ3v) is 4.57. The Labute approximate surface area is 132 Å². The molecule has 1 aromatic heterocycles. The van der Waals surface area contributed by atoms with Crippen LogP contribution in [-0.4, -0.2) is 26.2 Å². The number of anilines is 1. The molecule has 1 aliphatic rings. The Morgan fingerprint density at radius 1 is 1.17 bits per heavy atom. The minimum absolute atomic E-state index is 0. The van der Waals surface area contributed by atoms with E-state index in [0.29, 0.717) is 0 Å². The van der Waals surface area contributed by atoms with Crippen molar-refractivity contribution in [2.24, 2.45) is 0 Å². The van der Waals surface area contributed by atoms with Gasteiger partial charge in [0.05, 0.1) is 3.79 Å². The number of piperazine rings is 1. The van der Waals surface area contributed by atoms with Gasteiger partial charge in [0.15, 0.2) is 0 Å². The Kier molecular flexibility index (Phi) is 6.21. The van der Waals surface area contributed by atoms with E-state index in [4.69, 9.17) is 0 Å². The zero-order valence-corrected chi connectivity index (χ0v) is 13.7. The zero-order chi connectivity index (χ0) is 11.0. The molecule has 1 N–H and O–H groups in total. The van der Waals surface area contributed by atoms with E-state index in [9.17, 15) is 0 Å². The molecule has 0 unspecified atom stereocenters. The average Bonchev–Trinajstić information content (AvgIpc) is 2.70. The van der Waals surface area contributed by atoms with Crippen molar-refractivity contribution in [2.75, 3.05) is 31.1 Å². The number of rotatable bonds is 1. The summed E-state index contributed by atoms with van der Waals surface area (Å²) in [6.45, 7) is 4.38. The highest BCUT2D eigenvalue weighted by Gasteiger charge is 2.13. The summed E-state index contributed by atoms with van der Waals surface area (Å²) in [4.78, 5) is 2.47. The molecule has 18 heavy (non-hydrogen) atoms. The smallest absolute Gasteiger partial charge is 0.0711 e. The number of hydrogen-bond acceptors (Lipinski definition) is 3. The summed E-state index contributed by atoms with van der Waals surface area (Å²) in [5, 5.41) is 4.77. The highest BCUT2D eigenvalue weighted by Crippen LogP contribution is 2.35. The maximum absolute atomic E-state index is 3.57. The van der Waals surface area contributed by atoms with Gasteiger partial charge in [-0.05, 0) is 34.1 Å². The van der Waals surface area contributed by atoms with Gasteiger partial charge in [-0.2, -0.15) is 0 Å². The van der Waals surface area contributed by atoms with Gasteiger partial charge in [-0.3, -0.25) is 0 Å². The molecule has 0 radical (unpaired) electrons. The molecule has 1 aromatic carbocycles. The molecule has 0 bridgehead atoms. The second-order valence-electron chi connectivity index (χ2n) is 3.98. The van der Waals surface area contributed by atoms with Crippen LogP contribution < -0.4 is 10.2 Å². The van der Waals surface area contributed by atoms with Gasteiger partial charge < -0.3 is 10.2 Å². The minimum Gasteiger partial charge on any atom is -0.368 e. The predicted octanol–water partition coefficient (Wildman–Crippen LogP) is 3.92. The highest BCUT2D eigenvalue weighted by molar-refractivity contribution is 9.11. The van der Waals surface area contributed by atoms with Crippen molar-refractivity contribution in [2.45, 2.75) is 0 Å². The molecule has 3 rings (SSSR count). The lowest BCUT2D eigenvalue weighted by atomic mass is 10.2. The quantitative estimate of drug-likeness (QED) is 0.819. The fourth-order valence-corrected chi connectivity index (χ4v) is 3.75. The topological polar surface area (TPSA) is 15.3 Å². The number of benzene rings is 1. The van der Waals surface area contributed by atoms with Crippen LogP contribution in [0.2, 0.25) is 0 Å². The average molecular weight is 370 g/mol. The Hall–Kier alpha value is -0.000000000000000111. The first-order valence-corrected chi connectivity index (χ1v) is 7.09. The molecule has 0 amide bonds. The van der Waals surface area contributed by atoms with E-state index >= 15 is 0 Å². The van der Waals surface area contributed by atoms with Gasteiger partial charge in [0.25, 0.3) is 0 Å². The zero-order valence-electron chi connectivity index (χ0n) is 9.69. The number of thiophene rings is 1. The normalized spacial score (nSPS) is 15.1. The first-order chi connectivity index (χ1) is 7.84. The monoisotopic (exact) mass is 368 g/mol. The maximum atomic E-state index is 3.57. The molecule has 2 aromatic rings.